The van der Waals surface area contributed by atoms with Gasteiger partial charge in [-0.25, -0.2) is 0 Å². The molecule has 1 saturated carbocycles. The summed E-state index contributed by atoms with van der Waals surface area (Å²) in [5.41, 5.74) is 0.00127. The molecule has 0 heterocycles. The molecule has 19 heavy (non-hydrogen) atoms. The number of nitro groups is 1. The second kappa shape index (κ2) is 6.07. The number of nitrogens with zero attached hydrogens (tertiary/aromatic N) is 1. The van der Waals surface area contributed by atoms with Gasteiger partial charge >= 0.3 is 0 Å². The SMILES string of the molecule is COC1C(Br)CC1Oc1c(Br)cc([N+](=O)[O-])cc1Br. The first-order chi connectivity index (χ1) is 8.93. The number of rotatable bonds is 4. The molecule has 1 aromatic rings. The predicted molar refractivity (Wildman–Crippen MR) is 81.0 cm³/mol. The van der Waals surface area contributed by atoms with E-state index in [1.807, 2.05) is 0 Å². The summed E-state index contributed by atoms with van der Waals surface area (Å²) < 4.78 is 12.2. The summed E-state index contributed by atoms with van der Waals surface area (Å²) in [6.07, 6.45) is 0.742. The van der Waals surface area contributed by atoms with E-state index in [1.54, 1.807) is 7.11 Å². The molecule has 0 saturated heterocycles. The zero-order valence-corrected chi connectivity index (χ0v) is 14.6. The average molecular weight is 460 g/mol. The van der Waals surface area contributed by atoms with E-state index in [4.69, 9.17) is 9.47 Å². The summed E-state index contributed by atoms with van der Waals surface area (Å²) in [5, 5.41) is 10.7. The van der Waals surface area contributed by atoms with E-state index in [0.29, 0.717) is 14.7 Å². The van der Waals surface area contributed by atoms with Crippen molar-refractivity contribution in [2.24, 2.45) is 0 Å². The van der Waals surface area contributed by atoms with Crippen LogP contribution in [0.4, 0.5) is 5.69 Å². The van der Waals surface area contributed by atoms with Gasteiger partial charge in [0, 0.05) is 30.5 Å². The minimum atomic E-state index is -0.449. The van der Waals surface area contributed by atoms with Gasteiger partial charge in [0.1, 0.15) is 18.0 Å². The van der Waals surface area contributed by atoms with Gasteiger partial charge < -0.3 is 9.47 Å². The number of hydrogen-bond acceptors (Lipinski definition) is 4. The normalized spacial score (nSPS) is 25.8. The smallest absolute Gasteiger partial charge is 0.271 e. The fraction of sp³-hybridized carbons (Fsp3) is 0.455. The number of benzene rings is 1. The Hall–Kier alpha value is -0.180. The molecule has 0 aromatic heterocycles. The molecule has 104 valence electrons. The van der Waals surface area contributed by atoms with Gasteiger partial charge in [-0.3, -0.25) is 10.1 Å². The number of non-ortho nitro benzene ring substituents is 1. The van der Waals surface area contributed by atoms with Crippen LogP contribution in [0.25, 0.3) is 0 Å². The number of hydrogen-bond donors (Lipinski definition) is 0. The third-order valence-corrected chi connectivity index (χ3v) is 4.99. The van der Waals surface area contributed by atoms with Crippen LogP contribution in [-0.4, -0.2) is 29.1 Å². The number of alkyl halides is 1. The lowest BCUT2D eigenvalue weighted by molar-refractivity contribution is -0.385. The van der Waals surface area contributed by atoms with E-state index in [1.165, 1.54) is 12.1 Å². The van der Waals surface area contributed by atoms with Gasteiger partial charge in [0.25, 0.3) is 5.69 Å². The van der Waals surface area contributed by atoms with Gasteiger partial charge in [-0.2, -0.15) is 0 Å². The van der Waals surface area contributed by atoms with Gasteiger partial charge in [-0.1, -0.05) is 15.9 Å². The first-order valence-electron chi connectivity index (χ1n) is 5.41. The molecule has 1 aliphatic rings. The largest absolute Gasteiger partial charge is 0.485 e. The Labute approximate surface area is 135 Å². The summed E-state index contributed by atoms with van der Waals surface area (Å²) >= 11 is 10.1. The maximum atomic E-state index is 10.7. The molecule has 5 nitrogen and oxygen atoms in total. The fourth-order valence-corrected chi connectivity index (χ4v) is 4.13. The molecule has 0 radical (unpaired) electrons. The molecule has 1 fully saturated rings. The fourth-order valence-electron chi connectivity index (χ4n) is 1.86. The maximum Gasteiger partial charge on any atom is 0.271 e. The van der Waals surface area contributed by atoms with Crippen LogP contribution >= 0.6 is 47.8 Å². The van der Waals surface area contributed by atoms with Gasteiger partial charge in [0.2, 0.25) is 0 Å². The summed E-state index contributed by atoms with van der Waals surface area (Å²) in [5.74, 6) is 0.553. The van der Waals surface area contributed by atoms with Crippen molar-refractivity contribution in [3.63, 3.8) is 0 Å². The number of ether oxygens (including phenoxy) is 2. The third-order valence-electron chi connectivity index (χ3n) is 2.92. The van der Waals surface area contributed by atoms with Crippen LogP contribution in [0.5, 0.6) is 5.75 Å². The Morgan fingerprint density at radius 3 is 2.37 bits per heavy atom. The van der Waals surface area contributed by atoms with Crippen molar-refractivity contribution in [2.75, 3.05) is 7.11 Å². The molecular weight excluding hydrogens is 450 g/mol. The Morgan fingerprint density at radius 2 is 1.95 bits per heavy atom. The molecule has 0 bridgehead atoms. The van der Waals surface area contributed by atoms with Gasteiger partial charge in [0.15, 0.2) is 0 Å². The molecule has 8 heteroatoms. The van der Waals surface area contributed by atoms with Crippen LogP contribution < -0.4 is 4.74 Å². The van der Waals surface area contributed by atoms with Crippen LogP contribution in [-0.2, 0) is 4.74 Å². The number of halogens is 3. The van der Waals surface area contributed by atoms with Gasteiger partial charge in [-0.05, 0) is 31.9 Å². The first kappa shape index (κ1) is 15.2. The van der Waals surface area contributed by atoms with E-state index in [9.17, 15) is 10.1 Å². The van der Waals surface area contributed by atoms with Gasteiger partial charge in [-0.15, -0.1) is 0 Å². The summed E-state index contributed by atoms with van der Waals surface area (Å²) in [6.45, 7) is 0. The van der Waals surface area contributed by atoms with Crippen LogP contribution in [0, 0.1) is 10.1 Å². The lowest BCUT2D eigenvalue weighted by Crippen LogP contribution is -2.51. The minimum Gasteiger partial charge on any atom is -0.485 e. The third kappa shape index (κ3) is 3.12. The zero-order valence-electron chi connectivity index (χ0n) is 9.81. The molecule has 0 amide bonds. The topological polar surface area (TPSA) is 61.6 Å². The van der Waals surface area contributed by atoms with Crippen molar-refractivity contribution < 1.29 is 14.4 Å². The van der Waals surface area contributed by atoms with Gasteiger partial charge in [0.05, 0.1) is 13.9 Å². The highest BCUT2D eigenvalue weighted by Gasteiger charge is 2.42. The maximum absolute atomic E-state index is 10.7. The quantitative estimate of drug-likeness (QED) is 0.387. The number of methoxy groups -OCH3 is 1. The number of nitro benzene ring substituents is 1. The molecular formula is C11H10Br3NO4. The Bertz CT molecular complexity index is 488. The highest BCUT2D eigenvalue weighted by molar-refractivity contribution is 9.11. The monoisotopic (exact) mass is 457 g/mol. The van der Waals surface area contributed by atoms with E-state index < -0.39 is 4.92 Å². The highest BCUT2D eigenvalue weighted by Crippen LogP contribution is 2.41. The van der Waals surface area contributed by atoms with Crippen molar-refractivity contribution in [2.45, 2.75) is 23.5 Å². The lowest BCUT2D eigenvalue weighted by Gasteiger charge is -2.40. The molecule has 0 spiro atoms. The molecule has 2 rings (SSSR count). The highest BCUT2D eigenvalue weighted by atomic mass is 79.9. The van der Waals surface area contributed by atoms with Crippen molar-refractivity contribution in [3.05, 3.63) is 31.2 Å². The van der Waals surface area contributed by atoms with Crippen LogP contribution in [0.15, 0.2) is 21.1 Å². The standard InChI is InChI=1S/C11H10Br3NO4/c1-18-11-8(14)4-9(11)19-10-6(12)2-5(15(16)17)3-7(10)13/h2-3,8-9,11H,4H2,1H3. The summed E-state index contributed by atoms with van der Waals surface area (Å²) in [7, 11) is 1.63. The van der Waals surface area contributed by atoms with E-state index in [0.717, 1.165) is 6.42 Å². The first-order valence-corrected chi connectivity index (χ1v) is 7.91. The van der Waals surface area contributed by atoms with E-state index >= 15 is 0 Å². The molecule has 1 aromatic carbocycles. The zero-order chi connectivity index (χ0) is 14.2. The Morgan fingerprint density at radius 1 is 1.37 bits per heavy atom. The molecule has 1 aliphatic carbocycles. The minimum absolute atomic E-state index is 0.00127. The summed E-state index contributed by atoms with van der Waals surface area (Å²) in [6, 6.07) is 2.85. The lowest BCUT2D eigenvalue weighted by atomic mass is 9.91. The predicted octanol–water partition coefficient (Wildman–Crippen LogP) is 4.05. The summed E-state index contributed by atoms with van der Waals surface area (Å²) in [4.78, 5) is 10.6. The van der Waals surface area contributed by atoms with Crippen molar-refractivity contribution in [1.29, 1.82) is 0 Å². The second-order valence-corrected chi connectivity index (χ2v) is 6.99. The van der Waals surface area contributed by atoms with Crippen LogP contribution in [0.2, 0.25) is 0 Å². The molecule has 3 atom stereocenters. The average Bonchev–Trinajstić information content (AvgIpc) is 2.32. The van der Waals surface area contributed by atoms with Crippen LogP contribution in [0.1, 0.15) is 6.42 Å². The Balaban J connectivity index is 2.20. The molecule has 0 N–H and O–H groups in total. The van der Waals surface area contributed by atoms with E-state index in [2.05, 4.69) is 47.8 Å². The van der Waals surface area contributed by atoms with E-state index in [-0.39, 0.29) is 22.7 Å². The van der Waals surface area contributed by atoms with Crippen molar-refractivity contribution in [1.82, 2.24) is 0 Å². The van der Waals surface area contributed by atoms with Crippen molar-refractivity contribution in [3.8, 4) is 5.75 Å². The molecule has 0 aliphatic heterocycles. The van der Waals surface area contributed by atoms with Crippen LogP contribution in [0.3, 0.4) is 0 Å². The van der Waals surface area contributed by atoms with Crippen molar-refractivity contribution >= 4 is 53.5 Å². The Kier molecular flexibility index (Phi) is 4.86. The second-order valence-electron chi connectivity index (χ2n) is 4.10. The molecule has 3 unspecified atom stereocenters.